The number of benzene rings is 3. The number of aryl methyl sites for hydroxylation is 1. The molecule has 0 saturated heterocycles. The Morgan fingerprint density at radius 2 is 1.60 bits per heavy atom. The van der Waals surface area contributed by atoms with Gasteiger partial charge in [-0.25, -0.2) is 8.42 Å². The molecule has 3 rings (SSSR count). The topological polar surface area (TPSA) is 57.7 Å². The fourth-order valence-electron chi connectivity index (χ4n) is 2.98. The smallest absolute Gasteiger partial charge is 0.243 e. The van der Waals surface area contributed by atoms with Crippen LogP contribution in [0.25, 0.3) is 0 Å². The number of anilines is 1. The largest absolute Gasteiger partial charge is 0.314 e. The van der Waals surface area contributed by atoms with Crippen LogP contribution >= 0.6 is 11.6 Å². The van der Waals surface area contributed by atoms with Crippen molar-refractivity contribution < 1.29 is 13.2 Å². The average Bonchev–Trinajstić information content (AvgIpc) is 2.73. The summed E-state index contributed by atoms with van der Waals surface area (Å²) in [6, 6.07) is 22.7. The Kier molecular flexibility index (Phi) is 6.92. The number of hydrogen-bond donors (Lipinski definition) is 0. The number of halogens is 1. The van der Waals surface area contributed by atoms with E-state index in [4.69, 9.17) is 11.6 Å². The molecule has 0 radical (unpaired) electrons. The fourth-order valence-corrected chi connectivity index (χ4v) is 4.57. The van der Waals surface area contributed by atoms with Crippen LogP contribution in [0.1, 0.15) is 11.1 Å². The third kappa shape index (κ3) is 5.27. The second-order valence-electron chi connectivity index (χ2n) is 7.00. The van der Waals surface area contributed by atoms with Crippen molar-refractivity contribution in [2.24, 2.45) is 0 Å². The van der Waals surface area contributed by atoms with Crippen LogP contribution in [0.15, 0.2) is 83.8 Å². The average molecular weight is 443 g/mol. The van der Waals surface area contributed by atoms with Crippen LogP contribution in [0, 0.1) is 6.92 Å². The van der Waals surface area contributed by atoms with Crippen molar-refractivity contribution in [2.75, 3.05) is 18.5 Å². The Balaban J connectivity index is 1.92. The molecule has 1 amide bonds. The van der Waals surface area contributed by atoms with E-state index >= 15 is 0 Å². The highest BCUT2D eigenvalue weighted by molar-refractivity contribution is 7.89. The number of rotatable bonds is 7. The highest BCUT2D eigenvalue weighted by Gasteiger charge is 2.28. The minimum Gasteiger partial charge on any atom is -0.314 e. The van der Waals surface area contributed by atoms with Gasteiger partial charge in [-0.15, -0.1) is 0 Å². The minimum absolute atomic E-state index is 0.0329. The minimum atomic E-state index is -3.90. The number of nitrogens with zero attached hydrogens (tertiary/aromatic N) is 2. The van der Waals surface area contributed by atoms with Crippen LogP contribution in [0.5, 0.6) is 0 Å². The van der Waals surface area contributed by atoms with Crippen LogP contribution in [0.4, 0.5) is 5.69 Å². The molecule has 0 fully saturated rings. The highest BCUT2D eigenvalue weighted by atomic mass is 35.5. The fraction of sp³-hybridized carbons (Fsp3) is 0.174. The van der Waals surface area contributed by atoms with E-state index < -0.39 is 10.0 Å². The summed E-state index contributed by atoms with van der Waals surface area (Å²) in [6.07, 6.45) is 0. The summed E-state index contributed by atoms with van der Waals surface area (Å²) in [5.41, 5.74) is 2.35. The van der Waals surface area contributed by atoms with Gasteiger partial charge < -0.3 is 4.90 Å². The first-order valence-corrected chi connectivity index (χ1v) is 11.2. The lowest BCUT2D eigenvalue weighted by atomic mass is 10.2. The van der Waals surface area contributed by atoms with E-state index in [-0.39, 0.29) is 23.9 Å². The lowest BCUT2D eigenvalue weighted by Crippen LogP contribution is -2.41. The third-order valence-corrected chi connectivity index (χ3v) is 6.78. The summed E-state index contributed by atoms with van der Waals surface area (Å²) >= 11 is 6.07. The van der Waals surface area contributed by atoms with Gasteiger partial charge in [0.1, 0.15) is 0 Å². The molecule has 0 aliphatic carbocycles. The van der Waals surface area contributed by atoms with Crippen molar-refractivity contribution in [3.63, 3.8) is 0 Å². The van der Waals surface area contributed by atoms with Crippen LogP contribution in [0.3, 0.4) is 0 Å². The molecule has 0 bridgehead atoms. The molecule has 0 heterocycles. The molecule has 0 atom stereocenters. The van der Waals surface area contributed by atoms with Gasteiger partial charge in [0, 0.05) is 24.3 Å². The first-order chi connectivity index (χ1) is 14.3. The van der Waals surface area contributed by atoms with Gasteiger partial charge in [-0.1, -0.05) is 59.6 Å². The van der Waals surface area contributed by atoms with Crippen LogP contribution in [0.2, 0.25) is 5.02 Å². The Labute approximate surface area is 182 Å². The Bertz CT molecular complexity index is 1120. The normalized spacial score (nSPS) is 11.5. The van der Waals surface area contributed by atoms with Crippen molar-refractivity contribution in [2.45, 2.75) is 18.4 Å². The van der Waals surface area contributed by atoms with Gasteiger partial charge >= 0.3 is 0 Å². The predicted octanol–water partition coefficient (Wildman–Crippen LogP) is 4.50. The molecule has 0 N–H and O–H groups in total. The van der Waals surface area contributed by atoms with Gasteiger partial charge in [-0.2, -0.15) is 4.31 Å². The standard InChI is InChI=1S/C23H23ClN2O3S/c1-18-11-13-22(14-12-18)30(28,29)26(16-19-7-6-8-20(24)15-19)17-23(27)25(2)21-9-4-3-5-10-21/h3-15H,16-17H2,1-2H3. The summed E-state index contributed by atoms with van der Waals surface area (Å²) in [4.78, 5) is 14.5. The molecule has 30 heavy (non-hydrogen) atoms. The zero-order valence-corrected chi connectivity index (χ0v) is 18.4. The molecule has 156 valence electrons. The van der Waals surface area contributed by atoms with E-state index in [1.54, 1.807) is 67.7 Å². The zero-order chi connectivity index (χ0) is 21.7. The highest BCUT2D eigenvalue weighted by Crippen LogP contribution is 2.21. The van der Waals surface area contributed by atoms with Crippen molar-refractivity contribution in [3.05, 3.63) is 95.0 Å². The van der Waals surface area contributed by atoms with E-state index in [9.17, 15) is 13.2 Å². The summed E-state index contributed by atoms with van der Waals surface area (Å²) in [7, 11) is -2.26. The summed E-state index contributed by atoms with van der Waals surface area (Å²) < 4.78 is 27.9. The monoisotopic (exact) mass is 442 g/mol. The van der Waals surface area contributed by atoms with Crippen molar-refractivity contribution in [1.82, 2.24) is 4.31 Å². The molecule has 5 nitrogen and oxygen atoms in total. The summed E-state index contributed by atoms with van der Waals surface area (Å²) in [5, 5.41) is 0.507. The van der Waals surface area contributed by atoms with E-state index in [1.165, 1.54) is 9.21 Å². The Morgan fingerprint density at radius 3 is 2.23 bits per heavy atom. The number of amides is 1. The maximum Gasteiger partial charge on any atom is 0.243 e. The zero-order valence-electron chi connectivity index (χ0n) is 16.8. The van der Waals surface area contributed by atoms with Crippen molar-refractivity contribution in [1.29, 1.82) is 0 Å². The van der Waals surface area contributed by atoms with Gasteiger partial charge in [0.15, 0.2) is 0 Å². The maximum atomic E-state index is 13.3. The molecule has 0 aromatic heterocycles. The number of hydrogen-bond acceptors (Lipinski definition) is 3. The van der Waals surface area contributed by atoms with Crippen molar-refractivity contribution in [3.8, 4) is 0 Å². The lowest BCUT2D eigenvalue weighted by molar-refractivity contribution is -0.118. The van der Waals surface area contributed by atoms with Gasteiger partial charge in [0.25, 0.3) is 0 Å². The van der Waals surface area contributed by atoms with Crippen LogP contribution < -0.4 is 4.90 Å². The molecule has 0 aliphatic heterocycles. The summed E-state index contributed by atoms with van der Waals surface area (Å²) in [5.74, 6) is -0.334. The first kappa shape index (κ1) is 22.0. The van der Waals surface area contributed by atoms with Gasteiger partial charge in [0.05, 0.1) is 11.4 Å². The second-order valence-corrected chi connectivity index (χ2v) is 9.38. The number of carbonyl (C=O) groups excluding carboxylic acids is 1. The molecule has 0 spiro atoms. The predicted molar refractivity (Wildman–Crippen MR) is 120 cm³/mol. The molecule has 0 unspecified atom stereocenters. The quantitative estimate of drug-likeness (QED) is 0.541. The van der Waals surface area contributed by atoms with Crippen molar-refractivity contribution >= 4 is 33.2 Å². The Hall–Kier alpha value is -2.67. The molecular weight excluding hydrogens is 420 g/mol. The van der Waals surface area contributed by atoms with Gasteiger partial charge in [0.2, 0.25) is 15.9 Å². The van der Waals surface area contributed by atoms with E-state index in [0.29, 0.717) is 16.3 Å². The van der Waals surface area contributed by atoms with Crippen LogP contribution in [-0.2, 0) is 21.4 Å². The summed E-state index contributed by atoms with van der Waals surface area (Å²) in [6.45, 7) is 1.62. The van der Waals surface area contributed by atoms with E-state index in [2.05, 4.69) is 0 Å². The molecule has 3 aromatic carbocycles. The second kappa shape index (κ2) is 9.43. The van der Waals surface area contributed by atoms with Gasteiger partial charge in [-0.05, 0) is 48.9 Å². The SMILES string of the molecule is Cc1ccc(S(=O)(=O)N(CC(=O)N(C)c2ccccc2)Cc2cccc(Cl)c2)cc1. The first-order valence-electron chi connectivity index (χ1n) is 9.40. The van der Waals surface area contributed by atoms with E-state index in [0.717, 1.165) is 5.56 Å². The lowest BCUT2D eigenvalue weighted by Gasteiger charge is -2.25. The van der Waals surface area contributed by atoms with Crippen LogP contribution in [-0.4, -0.2) is 32.2 Å². The number of sulfonamides is 1. The van der Waals surface area contributed by atoms with E-state index in [1.807, 2.05) is 25.1 Å². The number of carbonyl (C=O) groups is 1. The third-order valence-electron chi connectivity index (χ3n) is 4.74. The molecule has 3 aromatic rings. The molecule has 0 aliphatic rings. The maximum absolute atomic E-state index is 13.3. The van der Waals surface area contributed by atoms with Gasteiger partial charge in [-0.3, -0.25) is 4.79 Å². The molecular formula is C23H23ClN2O3S. The number of para-hydroxylation sites is 1. The molecule has 0 saturated carbocycles. The Morgan fingerprint density at radius 1 is 0.933 bits per heavy atom. The molecule has 7 heteroatoms. The number of likely N-dealkylation sites (N-methyl/N-ethyl adjacent to an activating group) is 1.